The van der Waals surface area contributed by atoms with Gasteiger partial charge in [-0.15, -0.1) is 0 Å². The summed E-state index contributed by atoms with van der Waals surface area (Å²) in [5.74, 6) is 1.93. The standard InChI is InChI=1S/C16H25BN2O2/c1-6-14(18)13-8-10-19-11-12(13)7-9-17-20-15(2,3)16(4,5)21-17/h7-11,14H,6,18H2,1-5H3/b9-7+/t14-/m1/s1. The van der Waals surface area contributed by atoms with E-state index in [-0.39, 0.29) is 24.4 Å². The van der Waals surface area contributed by atoms with Crippen LogP contribution in [0.2, 0.25) is 0 Å². The topological polar surface area (TPSA) is 57.4 Å². The van der Waals surface area contributed by atoms with Gasteiger partial charge in [0.05, 0.1) is 11.2 Å². The Hall–Kier alpha value is -1.17. The molecule has 1 aliphatic rings. The first-order chi connectivity index (χ1) is 9.77. The fourth-order valence-electron chi connectivity index (χ4n) is 2.26. The molecule has 1 fully saturated rings. The maximum absolute atomic E-state index is 6.14. The molecule has 4 nitrogen and oxygen atoms in total. The third kappa shape index (κ3) is 3.36. The van der Waals surface area contributed by atoms with Crippen molar-refractivity contribution in [2.24, 2.45) is 5.73 Å². The molecule has 1 aromatic rings. The molecule has 21 heavy (non-hydrogen) atoms. The molecule has 0 unspecified atom stereocenters. The van der Waals surface area contributed by atoms with Crippen LogP contribution in [-0.2, 0) is 9.31 Å². The van der Waals surface area contributed by atoms with E-state index in [2.05, 4.69) is 11.9 Å². The first-order valence-electron chi connectivity index (χ1n) is 7.50. The maximum Gasteiger partial charge on any atom is 0.487 e. The van der Waals surface area contributed by atoms with E-state index in [9.17, 15) is 0 Å². The smallest absolute Gasteiger partial charge is 0.400 e. The van der Waals surface area contributed by atoms with Crippen molar-refractivity contribution in [1.82, 2.24) is 4.98 Å². The highest BCUT2D eigenvalue weighted by atomic mass is 16.7. The van der Waals surface area contributed by atoms with Gasteiger partial charge in [0.1, 0.15) is 0 Å². The van der Waals surface area contributed by atoms with Gasteiger partial charge in [0, 0.05) is 18.4 Å². The number of pyridine rings is 1. The number of hydrogen-bond acceptors (Lipinski definition) is 4. The zero-order chi connectivity index (χ0) is 15.7. The van der Waals surface area contributed by atoms with E-state index >= 15 is 0 Å². The molecular weight excluding hydrogens is 263 g/mol. The fourth-order valence-corrected chi connectivity index (χ4v) is 2.26. The highest BCUT2D eigenvalue weighted by Gasteiger charge is 2.50. The summed E-state index contributed by atoms with van der Waals surface area (Å²) in [7, 11) is -0.346. The Balaban J connectivity index is 2.17. The van der Waals surface area contributed by atoms with E-state index in [0.29, 0.717) is 0 Å². The average Bonchev–Trinajstić information content (AvgIpc) is 2.64. The van der Waals surface area contributed by atoms with E-state index in [1.807, 2.05) is 52.0 Å². The molecule has 0 spiro atoms. The summed E-state index contributed by atoms with van der Waals surface area (Å²) in [5, 5.41) is 0. The highest BCUT2D eigenvalue weighted by molar-refractivity contribution is 6.52. The molecule has 0 radical (unpaired) electrons. The second-order valence-electron chi connectivity index (χ2n) is 6.50. The molecular formula is C16H25BN2O2. The fraction of sp³-hybridized carbons (Fsp3) is 0.562. The van der Waals surface area contributed by atoms with Crippen LogP contribution in [0.1, 0.15) is 58.2 Å². The zero-order valence-corrected chi connectivity index (χ0v) is 13.6. The van der Waals surface area contributed by atoms with Gasteiger partial charge in [0.25, 0.3) is 0 Å². The van der Waals surface area contributed by atoms with Crippen LogP contribution in [0.3, 0.4) is 0 Å². The molecule has 2 rings (SSSR count). The predicted molar refractivity (Wildman–Crippen MR) is 86.6 cm³/mol. The van der Waals surface area contributed by atoms with Gasteiger partial charge in [0.2, 0.25) is 0 Å². The molecule has 0 amide bonds. The molecule has 1 saturated heterocycles. The third-order valence-electron chi connectivity index (χ3n) is 4.43. The maximum atomic E-state index is 6.14. The summed E-state index contributed by atoms with van der Waals surface area (Å²) in [6.45, 7) is 10.3. The lowest BCUT2D eigenvalue weighted by Crippen LogP contribution is -2.41. The number of rotatable bonds is 4. The summed E-state index contributed by atoms with van der Waals surface area (Å²) < 4.78 is 11.9. The minimum absolute atomic E-state index is 0.0194. The highest BCUT2D eigenvalue weighted by Crippen LogP contribution is 2.37. The summed E-state index contributed by atoms with van der Waals surface area (Å²) in [4.78, 5) is 4.18. The van der Waals surface area contributed by atoms with Crippen LogP contribution in [0.5, 0.6) is 0 Å². The van der Waals surface area contributed by atoms with Crippen LogP contribution in [-0.4, -0.2) is 23.3 Å². The summed E-state index contributed by atoms with van der Waals surface area (Å²) >= 11 is 0. The van der Waals surface area contributed by atoms with E-state index in [1.54, 1.807) is 6.20 Å². The lowest BCUT2D eigenvalue weighted by atomic mass is 9.88. The van der Waals surface area contributed by atoms with Crippen molar-refractivity contribution < 1.29 is 9.31 Å². The van der Waals surface area contributed by atoms with E-state index in [0.717, 1.165) is 17.5 Å². The quantitative estimate of drug-likeness (QED) is 0.865. The SMILES string of the molecule is CC[C@@H](N)c1ccncc1/C=C/B1OC(C)(C)C(C)(C)O1. The van der Waals surface area contributed by atoms with Crippen molar-refractivity contribution in [1.29, 1.82) is 0 Å². The van der Waals surface area contributed by atoms with Gasteiger partial charge >= 0.3 is 7.12 Å². The zero-order valence-electron chi connectivity index (χ0n) is 13.6. The normalized spacial score (nSPS) is 21.9. The lowest BCUT2D eigenvalue weighted by molar-refractivity contribution is 0.00578. The van der Waals surface area contributed by atoms with Crippen LogP contribution >= 0.6 is 0 Å². The van der Waals surface area contributed by atoms with Crippen molar-refractivity contribution in [2.75, 3.05) is 0 Å². The Morgan fingerprint density at radius 3 is 2.48 bits per heavy atom. The number of nitrogens with two attached hydrogens (primary N) is 1. The van der Waals surface area contributed by atoms with E-state index in [4.69, 9.17) is 15.0 Å². The molecule has 2 heterocycles. The van der Waals surface area contributed by atoms with Crippen LogP contribution in [0.4, 0.5) is 0 Å². The minimum Gasteiger partial charge on any atom is -0.400 e. The van der Waals surface area contributed by atoms with Gasteiger partial charge in [-0.1, -0.05) is 19.0 Å². The molecule has 0 aromatic carbocycles. The summed E-state index contributed by atoms with van der Waals surface area (Å²) in [5.41, 5.74) is 7.61. The second-order valence-corrected chi connectivity index (χ2v) is 6.50. The molecule has 0 bridgehead atoms. The average molecular weight is 288 g/mol. The molecule has 0 saturated carbocycles. The van der Waals surface area contributed by atoms with Crippen molar-refractivity contribution in [3.8, 4) is 0 Å². The summed E-state index contributed by atoms with van der Waals surface area (Å²) in [6.07, 6.45) is 6.48. The van der Waals surface area contributed by atoms with Crippen molar-refractivity contribution in [2.45, 2.75) is 58.3 Å². The minimum atomic E-state index is -0.346. The number of aromatic nitrogens is 1. The number of nitrogens with zero attached hydrogens (tertiary/aromatic N) is 1. The first-order valence-corrected chi connectivity index (χ1v) is 7.50. The van der Waals surface area contributed by atoms with Gasteiger partial charge in [-0.3, -0.25) is 4.98 Å². The molecule has 2 N–H and O–H groups in total. The molecule has 1 atom stereocenters. The Kier molecular flexibility index (Phi) is 4.56. The lowest BCUT2D eigenvalue weighted by Gasteiger charge is -2.32. The third-order valence-corrected chi connectivity index (χ3v) is 4.43. The summed E-state index contributed by atoms with van der Waals surface area (Å²) in [6, 6.07) is 1.99. The number of hydrogen-bond donors (Lipinski definition) is 1. The van der Waals surface area contributed by atoms with Gasteiger partial charge < -0.3 is 15.0 Å². The van der Waals surface area contributed by atoms with Gasteiger partial charge in [-0.05, 0) is 51.3 Å². The van der Waals surface area contributed by atoms with Crippen molar-refractivity contribution in [3.63, 3.8) is 0 Å². The Labute approximate surface area is 127 Å². The van der Waals surface area contributed by atoms with Crippen LogP contribution in [0.25, 0.3) is 6.08 Å². The van der Waals surface area contributed by atoms with Gasteiger partial charge in [-0.2, -0.15) is 0 Å². The largest absolute Gasteiger partial charge is 0.487 e. The van der Waals surface area contributed by atoms with Crippen LogP contribution in [0.15, 0.2) is 24.4 Å². The van der Waals surface area contributed by atoms with Crippen LogP contribution < -0.4 is 5.73 Å². The van der Waals surface area contributed by atoms with E-state index in [1.165, 1.54) is 0 Å². The van der Waals surface area contributed by atoms with Gasteiger partial charge in [0.15, 0.2) is 0 Å². The molecule has 5 heteroatoms. The first kappa shape index (κ1) is 16.2. The molecule has 1 aliphatic heterocycles. The Morgan fingerprint density at radius 1 is 1.29 bits per heavy atom. The van der Waals surface area contributed by atoms with Gasteiger partial charge in [-0.25, -0.2) is 0 Å². The Morgan fingerprint density at radius 2 is 1.90 bits per heavy atom. The molecule has 0 aliphatic carbocycles. The van der Waals surface area contributed by atoms with Crippen molar-refractivity contribution in [3.05, 3.63) is 35.6 Å². The Bertz CT molecular complexity index is 513. The molecule has 1 aromatic heterocycles. The monoisotopic (exact) mass is 288 g/mol. The van der Waals surface area contributed by atoms with Crippen molar-refractivity contribution >= 4 is 13.2 Å². The second kappa shape index (κ2) is 5.91. The molecule has 114 valence electrons. The predicted octanol–water partition coefficient (Wildman–Crippen LogP) is 3.14. The van der Waals surface area contributed by atoms with E-state index < -0.39 is 0 Å². The van der Waals surface area contributed by atoms with Crippen LogP contribution in [0, 0.1) is 0 Å².